The summed E-state index contributed by atoms with van der Waals surface area (Å²) in [6, 6.07) is 8.46. The molecule has 0 saturated carbocycles. The summed E-state index contributed by atoms with van der Waals surface area (Å²) in [6.45, 7) is 11.1. The monoisotopic (exact) mass is 601 g/mol. The summed E-state index contributed by atoms with van der Waals surface area (Å²) in [5.74, 6) is -2.18. The number of nitrogens with zero attached hydrogens (tertiary/aromatic N) is 3. The van der Waals surface area contributed by atoms with Crippen LogP contribution in [0, 0.1) is 11.8 Å². The van der Waals surface area contributed by atoms with E-state index in [-0.39, 0.29) is 42.2 Å². The predicted octanol–water partition coefficient (Wildman–Crippen LogP) is 3.54. The van der Waals surface area contributed by atoms with Crippen molar-refractivity contribution in [1.29, 1.82) is 0 Å². The predicted molar refractivity (Wildman–Crippen MR) is 154 cm³/mol. The molecule has 4 rings (SSSR count). The second-order valence-electron chi connectivity index (χ2n) is 10.6. The minimum Gasteiger partial charge on any atom is -0.396 e. The van der Waals surface area contributed by atoms with E-state index in [1.807, 2.05) is 30.3 Å². The van der Waals surface area contributed by atoms with Crippen LogP contribution in [-0.4, -0.2) is 88.0 Å². The van der Waals surface area contributed by atoms with Crippen molar-refractivity contribution in [3.05, 3.63) is 55.6 Å². The molecular formula is C30H40BrN3O5. The Hall–Kier alpha value is -2.49. The van der Waals surface area contributed by atoms with Gasteiger partial charge in [-0.2, -0.15) is 0 Å². The van der Waals surface area contributed by atoms with Crippen molar-refractivity contribution >= 4 is 39.3 Å². The fourth-order valence-corrected chi connectivity index (χ4v) is 7.53. The average Bonchev–Trinajstić information content (AvgIpc) is 3.53. The number of anilines is 1. The van der Waals surface area contributed by atoms with Gasteiger partial charge in [0.25, 0.3) is 0 Å². The van der Waals surface area contributed by atoms with Gasteiger partial charge in [0, 0.05) is 43.3 Å². The van der Waals surface area contributed by atoms with E-state index < -0.39 is 29.6 Å². The Kier molecular flexibility index (Phi) is 9.67. The van der Waals surface area contributed by atoms with Crippen LogP contribution in [0.2, 0.25) is 0 Å². The smallest absolute Gasteiger partial charge is 0.248 e. The molecule has 3 amide bonds. The van der Waals surface area contributed by atoms with Crippen LogP contribution in [0.3, 0.4) is 0 Å². The van der Waals surface area contributed by atoms with Gasteiger partial charge in [-0.25, -0.2) is 0 Å². The Balaban J connectivity index is 1.73. The molecule has 0 aromatic heterocycles. The molecule has 1 N–H and O–H groups in total. The first-order valence-electron chi connectivity index (χ1n) is 14.0. The SMILES string of the molecule is C=CCN(CCCCC)C(=O)C1N(CCCO)C(=O)[C@@H]2[C@@H](C(=O)N(CC=C)c3ccccc3)[C@@H]3OC12CC3Br. The van der Waals surface area contributed by atoms with Gasteiger partial charge in [0.05, 0.1) is 17.9 Å². The molecule has 1 aromatic carbocycles. The summed E-state index contributed by atoms with van der Waals surface area (Å²) in [7, 11) is 0. The molecule has 3 aliphatic heterocycles. The summed E-state index contributed by atoms with van der Waals surface area (Å²) < 4.78 is 6.64. The van der Waals surface area contributed by atoms with E-state index in [1.54, 1.807) is 26.9 Å². The lowest BCUT2D eigenvalue weighted by molar-refractivity contribution is -0.147. The van der Waals surface area contributed by atoms with Crippen molar-refractivity contribution in [1.82, 2.24) is 9.80 Å². The van der Waals surface area contributed by atoms with Gasteiger partial charge in [0.2, 0.25) is 17.7 Å². The van der Waals surface area contributed by atoms with E-state index in [1.165, 1.54) is 0 Å². The molecule has 3 fully saturated rings. The number of halogens is 1. The van der Waals surface area contributed by atoms with Gasteiger partial charge >= 0.3 is 0 Å². The van der Waals surface area contributed by atoms with E-state index in [4.69, 9.17) is 4.74 Å². The summed E-state index contributed by atoms with van der Waals surface area (Å²) in [6.07, 6.45) is 6.48. The number of hydrogen-bond acceptors (Lipinski definition) is 5. The van der Waals surface area contributed by atoms with Crippen molar-refractivity contribution in [3.8, 4) is 0 Å². The molecule has 0 aliphatic carbocycles. The quantitative estimate of drug-likeness (QED) is 0.200. The number of hydrogen-bond donors (Lipinski definition) is 1. The van der Waals surface area contributed by atoms with Crippen LogP contribution in [0.25, 0.3) is 0 Å². The average molecular weight is 603 g/mol. The maximum Gasteiger partial charge on any atom is 0.248 e. The molecule has 9 heteroatoms. The fraction of sp³-hybridized carbons (Fsp3) is 0.567. The molecular weight excluding hydrogens is 562 g/mol. The van der Waals surface area contributed by atoms with E-state index in [0.717, 1.165) is 19.3 Å². The lowest BCUT2D eigenvalue weighted by Crippen LogP contribution is -2.57. The van der Waals surface area contributed by atoms with E-state index in [2.05, 4.69) is 36.0 Å². The van der Waals surface area contributed by atoms with Crippen molar-refractivity contribution in [2.75, 3.05) is 37.7 Å². The van der Waals surface area contributed by atoms with Gasteiger partial charge in [-0.05, 0) is 31.4 Å². The highest BCUT2D eigenvalue weighted by Crippen LogP contribution is 2.60. The third kappa shape index (κ3) is 5.33. The molecule has 3 saturated heterocycles. The molecule has 6 atom stereocenters. The summed E-state index contributed by atoms with van der Waals surface area (Å²) in [5.41, 5.74) is -0.405. The lowest BCUT2D eigenvalue weighted by Gasteiger charge is -2.37. The summed E-state index contributed by atoms with van der Waals surface area (Å²) in [5, 5.41) is 9.59. The Morgan fingerprint density at radius 3 is 2.51 bits per heavy atom. The molecule has 39 heavy (non-hydrogen) atoms. The number of carbonyl (C=O) groups is 3. The van der Waals surface area contributed by atoms with Crippen molar-refractivity contribution in [2.24, 2.45) is 11.8 Å². The maximum absolute atomic E-state index is 14.2. The van der Waals surface area contributed by atoms with Crippen LogP contribution in [0.5, 0.6) is 0 Å². The number of rotatable bonds is 14. The highest BCUT2D eigenvalue weighted by Gasteiger charge is 2.76. The normalized spacial score (nSPS) is 28.8. The molecule has 1 aromatic rings. The van der Waals surface area contributed by atoms with E-state index in [9.17, 15) is 19.5 Å². The molecule has 2 bridgehead atoms. The van der Waals surface area contributed by atoms with Gasteiger partial charge < -0.3 is 24.5 Å². The third-order valence-corrected chi connectivity index (χ3v) is 9.05. The Morgan fingerprint density at radius 1 is 1.15 bits per heavy atom. The molecule has 1 spiro atoms. The highest BCUT2D eigenvalue weighted by atomic mass is 79.9. The van der Waals surface area contributed by atoms with Gasteiger partial charge in [-0.3, -0.25) is 14.4 Å². The molecule has 3 unspecified atom stereocenters. The van der Waals surface area contributed by atoms with Gasteiger partial charge in [-0.1, -0.05) is 66.0 Å². The van der Waals surface area contributed by atoms with Crippen molar-refractivity contribution < 1.29 is 24.2 Å². The number of benzene rings is 1. The topological polar surface area (TPSA) is 90.4 Å². The molecule has 8 nitrogen and oxygen atoms in total. The van der Waals surface area contributed by atoms with Crippen molar-refractivity contribution in [2.45, 2.75) is 61.6 Å². The number of ether oxygens (including phenoxy) is 1. The van der Waals surface area contributed by atoms with Crippen LogP contribution in [0.1, 0.15) is 39.0 Å². The minimum atomic E-state index is -1.12. The maximum atomic E-state index is 14.2. The zero-order valence-electron chi connectivity index (χ0n) is 22.7. The zero-order valence-corrected chi connectivity index (χ0v) is 24.3. The first-order valence-corrected chi connectivity index (χ1v) is 14.9. The Morgan fingerprint density at radius 2 is 1.87 bits per heavy atom. The standard InChI is InChI=1S/C30H40BrN3O5/c1-4-7-11-17-32(15-5-2)29(38)26-30-20-22(31)25(39-30)23(24(30)28(37)34(26)18-12-19-35)27(36)33(16-6-3)21-13-9-8-10-14-21/h5-6,8-10,13-14,22-26,35H,2-4,7,11-12,15-20H2,1H3/t22?,23-,24+,25-,26?,30?/m1/s1. The molecule has 212 valence electrons. The number of carbonyl (C=O) groups excluding carboxylic acids is 3. The number of aliphatic hydroxyl groups is 1. The molecule has 3 aliphatic rings. The minimum absolute atomic E-state index is 0.108. The number of likely N-dealkylation sites (tertiary alicyclic amines) is 1. The number of fused-ring (bicyclic) bond motifs is 1. The first kappa shape index (κ1) is 29.5. The van der Waals surface area contributed by atoms with Crippen LogP contribution < -0.4 is 4.90 Å². The number of amides is 3. The number of aliphatic hydroxyl groups excluding tert-OH is 1. The summed E-state index contributed by atoms with van der Waals surface area (Å²) in [4.78, 5) is 47.4. The van der Waals surface area contributed by atoms with Gasteiger partial charge in [-0.15, -0.1) is 13.2 Å². The van der Waals surface area contributed by atoms with Crippen molar-refractivity contribution in [3.63, 3.8) is 0 Å². The second kappa shape index (κ2) is 12.8. The van der Waals surface area contributed by atoms with Crippen LogP contribution >= 0.6 is 15.9 Å². The van der Waals surface area contributed by atoms with Crippen LogP contribution in [0.15, 0.2) is 55.6 Å². The number of unbranched alkanes of at least 4 members (excludes halogenated alkanes) is 2. The fourth-order valence-electron chi connectivity index (χ4n) is 6.59. The van der Waals surface area contributed by atoms with E-state index >= 15 is 0 Å². The number of alkyl halides is 1. The van der Waals surface area contributed by atoms with Gasteiger partial charge in [0.1, 0.15) is 11.6 Å². The van der Waals surface area contributed by atoms with Crippen LogP contribution in [0.4, 0.5) is 5.69 Å². The van der Waals surface area contributed by atoms with Gasteiger partial charge in [0.15, 0.2) is 0 Å². The van der Waals surface area contributed by atoms with Crippen LogP contribution in [-0.2, 0) is 19.1 Å². The second-order valence-corrected chi connectivity index (χ2v) is 11.8. The largest absolute Gasteiger partial charge is 0.396 e. The molecule has 3 heterocycles. The van der Waals surface area contributed by atoms with E-state index in [0.29, 0.717) is 31.6 Å². The number of para-hydroxylation sites is 1. The Labute approximate surface area is 239 Å². The Bertz CT molecular complexity index is 1070. The molecule has 0 radical (unpaired) electrons. The summed E-state index contributed by atoms with van der Waals surface area (Å²) >= 11 is 3.74. The lowest BCUT2D eigenvalue weighted by atomic mass is 9.70. The first-order chi connectivity index (χ1) is 18.9. The zero-order chi connectivity index (χ0) is 28.2. The third-order valence-electron chi connectivity index (χ3n) is 8.20. The highest BCUT2D eigenvalue weighted by molar-refractivity contribution is 9.09.